The number of rotatable bonds is 17. The predicted molar refractivity (Wildman–Crippen MR) is 181 cm³/mol. The molecule has 1 saturated heterocycles. The van der Waals surface area contributed by atoms with Crippen molar-refractivity contribution in [2.75, 3.05) is 58.2 Å². The van der Waals surface area contributed by atoms with E-state index in [1.165, 1.54) is 12.1 Å². The van der Waals surface area contributed by atoms with Crippen LogP contribution >= 0.6 is 0 Å². The summed E-state index contributed by atoms with van der Waals surface area (Å²) in [7, 11) is 0. The first kappa shape index (κ1) is 34.4. The van der Waals surface area contributed by atoms with E-state index < -0.39 is 29.7 Å². The van der Waals surface area contributed by atoms with Crippen LogP contribution in [0, 0.1) is 6.92 Å². The van der Waals surface area contributed by atoms with E-state index in [9.17, 15) is 19.2 Å². The summed E-state index contributed by atoms with van der Waals surface area (Å²) in [6.45, 7) is 4.78. The van der Waals surface area contributed by atoms with Crippen molar-refractivity contribution in [3.63, 3.8) is 0 Å². The van der Waals surface area contributed by atoms with Crippen LogP contribution in [-0.2, 0) is 23.8 Å². The molecule has 4 heterocycles. The third kappa shape index (κ3) is 8.40. The van der Waals surface area contributed by atoms with Gasteiger partial charge in [-0.1, -0.05) is 6.07 Å². The number of nitrogens with one attached hydrogen (secondary N) is 2. The van der Waals surface area contributed by atoms with Gasteiger partial charge in [-0.05, 0) is 55.1 Å². The number of pyridine rings is 2. The molecule has 14 nitrogen and oxygen atoms in total. The van der Waals surface area contributed by atoms with Gasteiger partial charge in [0.15, 0.2) is 0 Å². The maximum Gasteiger partial charge on any atom is 0.262 e. The highest BCUT2D eigenvalue weighted by Crippen LogP contribution is 2.30. The number of carbonyl (C=O) groups is 4. The van der Waals surface area contributed by atoms with Crippen molar-refractivity contribution < 1.29 is 42.9 Å². The summed E-state index contributed by atoms with van der Waals surface area (Å²) in [5.74, 6) is -0.419. The molecule has 0 spiro atoms. The SMILES string of the molecule is Cc1cnc(Nc2ccc3cnccc3c2)cc1OCCOCCOCCOCCOc1ccc2c(c1)C(=O)N(C1CCC(=O)NC1=O)C2=O. The van der Waals surface area contributed by atoms with E-state index in [1.807, 2.05) is 43.5 Å². The monoisotopic (exact) mass is 683 g/mol. The van der Waals surface area contributed by atoms with Crippen LogP contribution in [0.4, 0.5) is 11.5 Å². The first-order chi connectivity index (χ1) is 24.4. The minimum absolute atomic E-state index is 0.0622. The summed E-state index contributed by atoms with van der Waals surface area (Å²) in [5, 5.41) is 7.66. The number of anilines is 2. The maximum absolute atomic E-state index is 12.9. The molecule has 50 heavy (non-hydrogen) atoms. The Morgan fingerprint density at radius 1 is 0.780 bits per heavy atom. The van der Waals surface area contributed by atoms with Crippen molar-refractivity contribution in [3.05, 3.63) is 83.8 Å². The Morgan fingerprint density at radius 3 is 2.26 bits per heavy atom. The summed E-state index contributed by atoms with van der Waals surface area (Å²) < 4.78 is 28.3. The first-order valence-electron chi connectivity index (χ1n) is 16.3. The Balaban J connectivity index is 0.811. The summed E-state index contributed by atoms with van der Waals surface area (Å²) in [5.41, 5.74) is 2.19. The standard InChI is InChI=1S/C36H37N5O9/c1-23-21-38-32(39-26-3-2-25-22-37-9-8-24(25)18-26)20-31(23)50-17-15-48-13-11-46-10-12-47-14-16-49-27-4-5-28-29(19-27)36(45)41(35(28)44)30-6-7-33(42)40-34(30)43/h2-5,8-9,18-22,30H,6-7,10-17H2,1H3,(H,38,39)(H,40,42,43). The lowest BCUT2D eigenvalue weighted by Gasteiger charge is -2.27. The highest BCUT2D eigenvalue weighted by molar-refractivity contribution is 6.23. The largest absolute Gasteiger partial charge is 0.491 e. The second kappa shape index (κ2) is 16.3. The van der Waals surface area contributed by atoms with Gasteiger partial charge in [0.25, 0.3) is 11.8 Å². The molecule has 2 N–H and O–H groups in total. The molecule has 1 unspecified atom stereocenters. The van der Waals surface area contributed by atoms with E-state index in [4.69, 9.17) is 23.7 Å². The van der Waals surface area contributed by atoms with Crippen LogP contribution in [0.2, 0.25) is 0 Å². The van der Waals surface area contributed by atoms with Gasteiger partial charge in [0.05, 0.1) is 50.8 Å². The number of carbonyl (C=O) groups excluding carboxylic acids is 4. The smallest absolute Gasteiger partial charge is 0.262 e. The Bertz CT molecular complexity index is 1880. The summed E-state index contributed by atoms with van der Waals surface area (Å²) in [6, 6.07) is 13.4. The van der Waals surface area contributed by atoms with Gasteiger partial charge in [-0.25, -0.2) is 4.98 Å². The van der Waals surface area contributed by atoms with Gasteiger partial charge < -0.3 is 29.0 Å². The molecule has 0 aliphatic carbocycles. The van der Waals surface area contributed by atoms with Crippen LogP contribution in [0.5, 0.6) is 11.5 Å². The zero-order valence-electron chi connectivity index (χ0n) is 27.5. The van der Waals surface area contributed by atoms with E-state index in [0.717, 1.165) is 32.7 Å². The van der Waals surface area contributed by atoms with Crippen molar-refractivity contribution in [2.24, 2.45) is 0 Å². The molecule has 260 valence electrons. The molecule has 6 rings (SSSR count). The van der Waals surface area contributed by atoms with Gasteiger partial charge in [-0.3, -0.25) is 34.4 Å². The quantitative estimate of drug-likeness (QED) is 0.123. The molecule has 2 aromatic carbocycles. The summed E-state index contributed by atoms with van der Waals surface area (Å²) in [6.07, 6.45) is 5.53. The molecular formula is C36H37N5O9. The van der Waals surface area contributed by atoms with Gasteiger partial charge in [0.2, 0.25) is 11.8 Å². The van der Waals surface area contributed by atoms with E-state index >= 15 is 0 Å². The molecule has 0 bridgehead atoms. The van der Waals surface area contributed by atoms with Crippen molar-refractivity contribution in [2.45, 2.75) is 25.8 Å². The van der Waals surface area contributed by atoms with E-state index in [-0.39, 0.29) is 37.2 Å². The second-order valence-corrected chi connectivity index (χ2v) is 11.6. The van der Waals surface area contributed by atoms with Gasteiger partial charge in [0, 0.05) is 47.7 Å². The Kier molecular flexibility index (Phi) is 11.2. The average Bonchev–Trinajstić information content (AvgIpc) is 3.36. The number of ether oxygens (including phenoxy) is 5. The van der Waals surface area contributed by atoms with Crippen LogP contribution in [-0.4, -0.2) is 97.4 Å². The lowest BCUT2D eigenvalue weighted by atomic mass is 10.0. The molecule has 14 heteroatoms. The number of piperidine rings is 1. The maximum atomic E-state index is 12.9. The number of aryl methyl sites for hydroxylation is 1. The number of nitrogens with zero attached hydrogens (tertiary/aromatic N) is 3. The number of hydrogen-bond acceptors (Lipinski definition) is 12. The van der Waals surface area contributed by atoms with Gasteiger partial charge in [-0.2, -0.15) is 0 Å². The topological polar surface area (TPSA) is 168 Å². The second-order valence-electron chi connectivity index (χ2n) is 11.6. The third-order valence-electron chi connectivity index (χ3n) is 8.10. The molecular weight excluding hydrogens is 646 g/mol. The number of amides is 4. The molecule has 2 aliphatic heterocycles. The minimum Gasteiger partial charge on any atom is -0.491 e. The first-order valence-corrected chi connectivity index (χ1v) is 16.3. The van der Waals surface area contributed by atoms with Gasteiger partial charge in [0.1, 0.15) is 36.6 Å². The number of benzene rings is 2. The Morgan fingerprint density at radius 2 is 1.50 bits per heavy atom. The molecule has 2 aliphatic rings. The van der Waals surface area contributed by atoms with Crippen LogP contribution in [0.15, 0.2) is 67.1 Å². The highest BCUT2D eigenvalue weighted by Gasteiger charge is 2.44. The van der Waals surface area contributed by atoms with Crippen LogP contribution < -0.4 is 20.1 Å². The van der Waals surface area contributed by atoms with Crippen molar-refractivity contribution in [1.82, 2.24) is 20.2 Å². The lowest BCUT2D eigenvalue weighted by molar-refractivity contribution is -0.136. The lowest BCUT2D eigenvalue weighted by Crippen LogP contribution is -2.54. The van der Waals surface area contributed by atoms with E-state index in [0.29, 0.717) is 51.2 Å². The average molecular weight is 684 g/mol. The fourth-order valence-corrected chi connectivity index (χ4v) is 5.55. The molecule has 4 amide bonds. The third-order valence-corrected chi connectivity index (χ3v) is 8.10. The Hall–Kier alpha value is -5.44. The predicted octanol–water partition coefficient (Wildman–Crippen LogP) is 3.59. The zero-order chi connectivity index (χ0) is 34.9. The Labute approximate surface area is 288 Å². The van der Waals surface area contributed by atoms with Gasteiger partial charge in [-0.15, -0.1) is 0 Å². The van der Waals surface area contributed by atoms with Crippen LogP contribution in [0.3, 0.4) is 0 Å². The molecule has 0 saturated carbocycles. The summed E-state index contributed by atoms with van der Waals surface area (Å²) >= 11 is 0. The van der Waals surface area contributed by atoms with Crippen molar-refractivity contribution in [3.8, 4) is 11.5 Å². The van der Waals surface area contributed by atoms with Crippen LogP contribution in [0.25, 0.3) is 10.8 Å². The molecule has 2 aromatic heterocycles. The number of hydrogen-bond donors (Lipinski definition) is 2. The van der Waals surface area contributed by atoms with Gasteiger partial charge >= 0.3 is 0 Å². The van der Waals surface area contributed by atoms with Crippen molar-refractivity contribution >= 4 is 45.9 Å². The van der Waals surface area contributed by atoms with E-state index in [1.54, 1.807) is 18.5 Å². The van der Waals surface area contributed by atoms with Crippen molar-refractivity contribution in [1.29, 1.82) is 0 Å². The molecule has 1 fully saturated rings. The highest BCUT2D eigenvalue weighted by atomic mass is 16.6. The molecule has 4 aromatic rings. The minimum atomic E-state index is -1.01. The fraction of sp³-hybridized carbons (Fsp3) is 0.333. The molecule has 0 radical (unpaired) electrons. The molecule has 1 atom stereocenters. The van der Waals surface area contributed by atoms with Crippen LogP contribution in [0.1, 0.15) is 39.1 Å². The van der Waals surface area contributed by atoms with E-state index in [2.05, 4.69) is 20.6 Å². The number of aromatic nitrogens is 2. The fourth-order valence-electron chi connectivity index (χ4n) is 5.55. The summed E-state index contributed by atoms with van der Waals surface area (Å²) in [4.78, 5) is 59.0. The normalized spacial score (nSPS) is 15.7. The number of fused-ring (bicyclic) bond motifs is 2. The zero-order valence-corrected chi connectivity index (χ0v) is 27.5. The number of imide groups is 2.